The fraction of sp³-hybridized carbons (Fsp3) is 0.333. The van der Waals surface area contributed by atoms with Crippen LogP contribution in [-0.4, -0.2) is 39.7 Å². The van der Waals surface area contributed by atoms with Gasteiger partial charge in [-0.05, 0) is 48.2 Å². The molecular weight excluding hydrogens is 396 g/mol. The zero-order valence-corrected chi connectivity index (χ0v) is 17.3. The molecule has 3 rings (SSSR count). The molecule has 1 atom stereocenters. The quantitative estimate of drug-likeness (QED) is 0.722. The summed E-state index contributed by atoms with van der Waals surface area (Å²) in [6, 6.07) is 8.67. The Morgan fingerprint density at radius 2 is 1.76 bits per heavy atom. The highest BCUT2D eigenvalue weighted by molar-refractivity contribution is 6.30. The van der Waals surface area contributed by atoms with Gasteiger partial charge in [0.05, 0.1) is 33.9 Å². The molecule has 0 aromatic heterocycles. The molecule has 2 aromatic rings. The average Bonchev–Trinajstić information content (AvgIpc) is 3.12. The van der Waals surface area contributed by atoms with Crippen molar-refractivity contribution in [1.29, 1.82) is 0 Å². The molecule has 29 heavy (non-hydrogen) atoms. The van der Waals surface area contributed by atoms with Gasteiger partial charge in [-0.1, -0.05) is 17.7 Å². The molecule has 2 N–H and O–H groups in total. The van der Waals surface area contributed by atoms with E-state index < -0.39 is 5.91 Å². The number of nitrogens with one attached hydrogen (secondary N) is 2. The third kappa shape index (κ3) is 4.56. The molecule has 0 heterocycles. The van der Waals surface area contributed by atoms with Crippen LogP contribution in [0.2, 0.25) is 5.02 Å². The second kappa shape index (κ2) is 9.05. The first kappa shape index (κ1) is 20.8. The van der Waals surface area contributed by atoms with Crippen molar-refractivity contribution in [3.05, 3.63) is 52.0 Å². The van der Waals surface area contributed by atoms with Gasteiger partial charge in [0, 0.05) is 10.6 Å². The number of fused-ring (bicyclic) bond motifs is 1. The maximum absolute atomic E-state index is 12.5. The van der Waals surface area contributed by atoms with E-state index in [1.54, 1.807) is 0 Å². The number of rotatable bonds is 7. The van der Waals surface area contributed by atoms with E-state index in [-0.39, 0.29) is 18.5 Å². The molecule has 0 spiro atoms. The molecule has 0 aliphatic heterocycles. The van der Waals surface area contributed by atoms with Crippen molar-refractivity contribution in [3.63, 3.8) is 0 Å². The van der Waals surface area contributed by atoms with Gasteiger partial charge in [-0.3, -0.25) is 9.59 Å². The first-order valence-electron chi connectivity index (χ1n) is 9.12. The summed E-state index contributed by atoms with van der Waals surface area (Å²) in [6.45, 7) is -0.144. The lowest BCUT2D eigenvalue weighted by Gasteiger charge is -2.16. The smallest absolute Gasteiger partial charge is 0.251 e. The number of amides is 2. The first-order chi connectivity index (χ1) is 14.0. The third-order valence-electron chi connectivity index (χ3n) is 4.85. The van der Waals surface area contributed by atoms with Gasteiger partial charge in [0.15, 0.2) is 11.5 Å². The Kier molecular flexibility index (Phi) is 6.49. The summed E-state index contributed by atoms with van der Waals surface area (Å²) in [5.74, 6) is 0.436. The number of hydrogen-bond donors (Lipinski definition) is 2. The van der Waals surface area contributed by atoms with Crippen LogP contribution in [0.1, 0.15) is 33.9 Å². The lowest BCUT2D eigenvalue weighted by Crippen LogP contribution is -2.38. The highest BCUT2D eigenvalue weighted by atomic mass is 35.5. The van der Waals surface area contributed by atoms with E-state index in [4.69, 9.17) is 25.8 Å². The molecule has 0 radical (unpaired) electrons. The molecule has 154 valence electrons. The Morgan fingerprint density at radius 1 is 1.07 bits per heavy atom. The van der Waals surface area contributed by atoms with Gasteiger partial charge in [-0.2, -0.15) is 0 Å². The number of methoxy groups -OCH3 is 3. The highest BCUT2D eigenvalue weighted by Crippen LogP contribution is 2.38. The number of carbonyl (C=O) groups is 2. The monoisotopic (exact) mass is 418 g/mol. The van der Waals surface area contributed by atoms with Crippen molar-refractivity contribution in [2.45, 2.75) is 18.9 Å². The Bertz CT molecular complexity index is 906. The summed E-state index contributed by atoms with van der Waals surface area (Å²) in [6.07, 6.45) is 1.67. The lowest BCUT2D eigenvalue weighted by molar-refractivity contribution is -0.120. The Labute approximate surface area is 174 Å². The third-order valence-corrected chi connectivity index (χ3v) is 5.09. The van der Waals surface area contributed by atoms with Gasteiger partial charge in [0.2, 0.25) is 11.7 Å². The molecule has 8 heteroatoms. The summed E-state index contributed by atoms with van der Waals surface area (Å²) in [4.78, 5) is 24.8. The van der Waals surface area contributed by atoms with E-state index in [0.29, 0.717) is 27.8 Å². The SMILES string of the molecule is COc1cc(C(=O)NCC(=O)NC2CCc3cc(Cl)ccc32)cc(OC)c1OC. The van der Waals surface area contributed by atoms with Gasteiger partial charge in [0.25, 0.3) is 5.91 Å². The zero-order chi connectivity index (χ0) is 21.0. The minimum absolute atomic E-state index is 0.0761. The molecule has 0 bridgehead atoms. The van der Waals surface area contributed by atoms with Crippen LogP contribution < -0.4 is 24.8 Å². The molecule has 0 saturated heterocycles. The topological polar surface area (TPSA) is 85.9 Å². The normalized spacial score (nSPS) is 14.7. The minimum atomic E-state index is -0.419. The van der Waals surface area contributed by atoms with E-state index in [1.807, 2.05) is 18.2 Å². The molecule has 0 saturated carbocycles. The van der Waals surface area contributed by atoms with Gasteiger partial charge in [0.1, 0.15) is 0 Å². The number of carbonyl (C=O) groups excluding carboxylic acids is 2. The number of hydrogen-bond acceptors (Lipinski definition) is 5. The second-order valence-electron chi connectivity index (χ2n) is 6.60. The van der Waals surface area contributed by atoms with Gasteiger partial charge >= 0.3 is 0 Å². The predicted octanol–water partition coefficient (Wildman–Crippen LogP) is 2.90. The fourth-order valence-corrected chi connectivity index (χ4v) is 3.65. The van der Waals surface area contributed by atoms with Crippen molar-refractivity contribution >= 4 is 23.4 Å². The Balaban J connectivity index is 1.62. The van der Waals surface area contributed by atoms with Crippen LogP contribution in [0.25, 0.3) is 0 Å². The summed E-state index contributed by atoms with van der Waals surface area (Å²) in [7, 11) is 4.43. The van der Waals surface area contributed by atoms with E-state index in [2.05, 4.69) is 10.6 Å². The van der Waals surface area contributed by atoms with Crippen molar-refractivity contribution < 1.29 is 23.8 Å². The molecule has 1 aliphatic carbocycles. The van der Waals surface area contributed by atoms with Crippen molar-refractivity contribution in [2.75, 3.05) is 27.9 Å². The highest BCUT2D eigenvalue weighted by Gasteiger charge is 2.24. The van der Waals surface area contributed by atoms with E-state index >= 15 is 0 Å². The minimum Gasteiger partial charge on any atom is -0.493 e. The largest absolute Gasteiger partial charge is 0.493 e. The van der Waals surface area contributed by atoms with Crippen LogP contribution >= 0.6 is 11.6 Å². The zero-order valence-electron chi connectivity index (χ0n) is 16.5. The Morgan fingerprint density at radius 3 is 2.38 bits per heavy atom. The summed E-state index contributed by atoms with van der Waals surface area (Å²) >= 11 is 6.02. The van der Waals surface area contributed by atoms with Crippen LogP contribution in [0.5, 0.6) is 17.2 Å². The second-order valence-corrected chi connectivity index (χ2v) is 7.04. The lowest BCUT2D eigenvalue weighted by atomic mass is 10.1. The molecule has 7 nitrogen and oxygen atoms in total. The van der Waals surface area contributed by atoms with Crippen molar-refractivity contribution in [1.82, 2.24) is 10.6 Å². The van der Waals surface area contributed by atoms with Crippen molar-refractivity contribution in [2.24, 2.45) is 0 Å². The molecule has 1 aliphatic rings. The van der Waals surface area contributed by atoms with Crippen LogP contribution in [0, 0.1) is 0 Å². The predicted molar refractivity (Wildman–Crippen MR) is 109 cm³/mol. The Hall–Kier alpha value is -2.93. The summed E-state index contributed by atoms with van der Waals surface area (Å²) < 4.78 is 15.8. The number of aryl methyl sites for hydroxylation is 1. The van der Waals surface area contributed by atoms with Crippen LogP contribution in [0.4, 0.5) is 0 Å². The first-order valence-corrected chi connectivity index (χ1v) is 9.50. The van der Waals surface area contributed by atoms with Crippen LogP contribution in [-0.2, 0) is 11.2 Å². The van der Waals surface area contributed by atoms with Gasteiger partial charge in [-0.25, -0.2) is 0 Å². The van der Waals surface area contributed by atoms with Crippen molar-refractivity contribution in [3.8, 4) is 17.2 Å². The molecule has 2 aromatic carbocycles. The van der Waals surface area contributed by atoms with Crippen LogP contribution in [0.3, 0.4) is 0 Å². The number of halogens is 1. The molecule has 2 amide bonds. The van der Waals surface area contributed by atoms with E-state index in [1.165, 1.54) is 33.5 Å². The van der Waals surface area contributed by atoms with E-state index in [0.717, 1.165) is 24.0 Å². The summed E-state index contributed by atoms with van der Waals surface area (Å²) in [5, 5.41) is 6.27. The summed E-state index contributed by atoms with van der Waals surface area (Å²) in [5.41, 5.74) is 2.51. The molecule has 0 fully saturated rings. The van der Waals surface area contributed by atoms with Gasteiger partial charge in [-0.15, -0.1) is 0 Å². The molecular formula is C21H23ClN2O5. The number of benzene rings is 2. The van der Waals surface area contributed by atoms with Crippen LogP contribution in [0.15, 0.2) is 30.3 Å². The number of ether oxygens (including phenoxy) is 3. The standard InChI is InChI=1S/C21H23ClN2O5/c1-27-17-9-13(10-18(28-2)20(17)29-3)21(26)23-11-19(25)24-16-7-4-12-8-14(22)5-6-15(12)16/h5-6,8-10,16H,4,7,11H2,1-3H3,(H,23,26)(H,24,25). The van der Waals surface area contributed by atoms with Gasteiger partial charge < -0.3 is 24.8 Å². The van der Waals surface area contributed by atoms with E-state index in [9.17, 15) is 9.59 Å². The molecule has 1 unspecified atom stereocenters. The fourth-order valence-electron chi connectivity index (χ4n) is 3.46. The maximum Gasteiger partial charge on any atom is 0.251 e. The maximum atomic E-state index is 12.5. The average molecular weight is 419 g/mol.